The fraction of sp³-hybridized carbons (Fsp3) is 0.696. The van der Waals surface area contributed by atoms with Crippen molar-refractivity contribution < 1.29 is 14.2 Å². The monoisotopic (exact) mass is 405 g/mol. The standard InChI is InChI=1S/C23H39N3O3/c1-6-24-22(26-13-11-20(12-14-26)29-16-8-15-27-4)25-18-23(2,3)19-9-7-10-21(17-19)28-5/h7,9-10,17,20H,6,8,11-16,18H2,1-5H3,(H,24,25). The molecule has 1 N–H and O–H groups in total. The number of likely N-dealkylation sites (tertiary alicyclic amines) is 1. The van der Waals surface area contributed by atoms with Crippen LogP contribution in [-0.4, -0.2) is 70.6 Å². The molecule has 1 aliphatic heterocycles. The van der Waals surface area contributed by atoms with E-state index in [-0.39, 0.29) is 5.41 Å². The number of rotatable bonds is 10. The Morgan fingerprint density at radius 3 is 2.62 bits per heavy atom. The highest BCUT2D eigenvalue weighted by Gasteiger charge is 2.24. The lowest BCUT2D eigenvalue weighted by atomic mass is 9.84. The smallest absolute Gasteiger partial charge is 0.193 e. The van der Waals surface area contributed by atoms with Crippen molar-refractivity contribution >= 4 is 5.96 Å². The number of methoxy groups -OCH3 is 2. The number of piperidine rings is 1. The molecule has 1 heterocycles. The van der Waals surface area contributed by atoms with Crippen molar-refractivity contribution in [1.29, 1.82) is 0 Å². The first kappa shape index (κ1) is 23.5. The summed E-state index contributed by atoms with van der Waals surface area (Å²) in [5.74, 6) is 1.89. The highest BCUT2D eigenvalue weighted by Crippen LogP contribution is 2.27. The zero-order valence-corrected chi connectivity index (χ0v) is 18.9. The van der Waals surface area contributed by atoms with Crippen LogP contribution >= 0.6 is 0 Å². The first-order valence-corrected chi connectivity index (χ1v) is 10.8. The van der Waals surface area contributed by atoms with Crippen molar-refractivity contribution in [3.8, 4) is 5.75 Å². The van der Waals surface area contributed by atoms with Gasteiger partial charge in [0.25, 0.3) is 0 Å². The molecule has 0 atom stereocenters. The molecule has 29 heavy (non-hydrogen) atoms. The van der Waals surface area contributed by atoms with E-state index >= 15 is 0 Å². The van der Waals surface area contributed by atoms with E-state index in [0.29, 0.717) is 6.10 Å². The SMILES string of the molecule is CCNC(=NCC(C)(C)c1cccc(OC)c1)N1CCC(OCCCOC)CC1. The Labute approximate surface area is 176 Å². The normalized spacial score (nSPS) is 16.2. The zero-order chi connectivity index (χ0) is 21.1. The second-order valence-electron chi connectivity index (χ2n) is 8.19. The molecular weight excluding hydrogens is 366 g/mol. The number of ether oxygens (including phenoxy) is 3. The van der Waals surface area contributed by atoms with Gasteiger partial charge in [0, 0.05) is 45.4 Å². The first-order chi connectivity index (χ1) is 14.0. The van der Waals surface area contributed by atoms with Crippen LogP contribution in [0.3, 0.4) is 0 Å². The zero-order valence-electron chi connectivity index (χ0n) is 18.9. The van der Waals surface area contributed by atoms with E-state index in [1.165, 1.54) is 5.56 Å². The van der Waals surface area contributed by atoms with E-state index in [1.54, 1.807) is 14.2 Å². The molecule has 0 spiro atoms. The molecule has 0 unspecified atom stereocenters. The Balaban J connectivity index is 1.94. The lowest BCUT2D eigenvalue weighted by Gasteiger charge is -2.35. The third-order valence-corrected chi connectivity index (χ3v) is 5.40. The average molecular weight is 406 g/mol. The molecule has 1 saturated heterocycles. The van der Waals surface area contributed by atoms with Crippen molar-refractivity contribution in [3.63, 3.8) is 0 Å². The van der Waals surface area contributed by atoms with Gasteiger partial charge in [-0.05, 0) is 43.9 Å². The summed E-state index contributed by atoms with van der Waals surface area (Å²) in [6.07, 6.45) is 3.38. The average Bonchev–Trinajstić information content (AvgIpc) is 2.75. The highest BCUT2D eigenvalue weighted by molar-refractivity contribution is 5.80. The number of nitrogens with zero attached hydrogens (tertiary/aromatic N) is 2. The molecule has 1 aromatic carbocycles. The summed E-state index contributed by atoms with van der Waals surface area (Å²) in [6, 6.07) is 8.28. The third-order valence-electron chi connectivity index (χ3n) is 5.40. The lowest BCUT2D eigenvalue weighted by Crippen LogP contribution is -2.47. The maximum atomic E-state index is 5.99. The van der Waals surface area contributed by atoms with Gasteiger partial charge in [0.15, 0.2) is 5.96 Å². The summed E-state index contributed by atoms with van der Waals surface area (Å²) in [5.41, 5.74) is 1.16. The summed E-state index contributed by atoms with van der Waals surface area (Å²) < 4.78 is 16.5. The number of aliphatic imine (C=N–C) groups is 1. The predicted molar refractivity (Wildman–Crippen MR) is 119 cm³/mol. The third kappa shape index (κ3) is 7.52. The molecule has 2 rings (SSSR count). The van der Waals surface area contributed by atoms with Gasteiger partial charge >= 0.3 is 0 Å². The summed E-state index contributed by atoms with van der Waals surface area (Å²) in [7, 11) is 3.44. The minimum absolute atomic E-state index is 0.0714. The van der Waals surface area contributed by atoms with Crippen LogP contribution in [0.5, 0.6) is 5.75 Å². The summed E-state index contributed by atoms with van der Waals surface area (Å²) >= 11 is 0. The van der Waals surface area contributed by atoms with E-state index in [2.05, 4.69) is 43.1 Å². The summed E-state index contributed by atoms with van der Waals surface area (Å²) in [4.78, 5) is 7.35. The molecule has 0 amide bonds. The molecule has 0 aromatic heterocycles. The van der Waals surface area contributed by atoms with Crippen molar-refractivity contribution in [3.05, 3.63) is 29.8 Å². The molecule has 0 bridgehead atoms. The van der Waals surface area contributed by atoms with E-state index < -0.39 is 0 Å². The van der Waals surface area contributed by atoms with Crippen LogP contribution in [0.1, 0.15) is 45.6 Å². The van der Waals surface area contributed by atoms with Gasteiger partial charge < -0.3 is 24.4 Å². The Morgan fingerprint density at radius 2 is 1.97 bits per heavy atom. The van der Waals surface area contributed by atoms with Crippen LogP contribution in [0.15, 0.2) is 29.3 Å². The van der Waals surface area contributed by atoms with Crippen molar-refractivity contribution in [2.75, 3.05) is 53.6 Å². The van der Waals surface area contributed by atoms with Gasteiger partial charge in [-0.1, -0.05) is 26.0 Å². The number of hydrogen-bond acceptors (Lipinski definition) is 4. The molecule has 0 aliphatic carbocycles. The van der Waals surface area contributed by atoms with E-state index in [4.69, 9.17) is 19.2 Å². The molecule has 6 nitrogen and oxygen atoms in total. The number of guanidine groups is 1. The van der Waals surface area contributed by atoms with Gasteiger partial charge in [0.2, 0.25) is 0 Å². The second-order valence-corrected chi connectivity index (χ2v) is 8.19. The summed E-state index contributed by atoms with van der Waals surface area (Å²) in [6.45, 7) is 11.7. The van der Waals surface area contributed by atoms with Crippen LogP contribution in [-0.2, 0) is 14.9 Å². The van der Waals surface area contributed by atoms with E-state index in [1.807, 2.05) is 12.1 Å². The lowest BCUT2D eigenvalue weighted by molar-refractivity contribution is 0.00989. The van der Waals surface area contributed by atoms with Crippen molar-refractivity contribution in [2.24, 2.45) is 4.99 Å². The van der Waals surface area contributed by atoms with Gasteiger partial charge in [-0.25, -0.2) is 0 Å². The van der Waals surface area contributed by atoms with Crippen molar-refractivity contribution in [2.45, 2.75) is 51.6 Å². The van der Waals surface area contributed by atoms with E-state index in [9.17, 15) is 0 Å². The van der Waals surface area contributed by atoms with Gasteiger partial charge in [-0.3, -0.25) is 4.99 Å². The summed E-state index contributed by atoms with van der Waals surface area (Å²) in [5, 5.41) is 3.47. The molecule has 164 valence electrons. The van der Waals surface area contributed by atoms with Gasteiger partial charge in [0.05, 0.1) is 19.8 Å². The number of hydrogen-bond donors (Lipinski definition) is 1. The topological polar surface area (TPSA) is 55.3 Å². The Morgan fingerprint density at radius 1 is 1.21 bits per heavy atom. The number of nitrogens with one attached hydrogen (secondary N) is 1. The maximum Gasteiger partial charge on any atom is 0.193 e. The Hall–Kier alpha value is -1.79. The molecule has 0 radical (unpaired) electrons. The molecule has 1 aliphatic rings. The minimum Gasteiger partial charge on any atom is -0.497 e. The van der Waals surface area contributed by atoms with E-state index in [0.717, 1.165) is 70.4 Å². The van der Waals surface area contributed by atoms with Gasteiger partial charge in [-0.2, -0.15) is 0 Å². The minimum atomic E-state index is -0.0714. The first-order valence-electron chi connectivity index (χ1n) is 10.8. The van der Waals surface area contributed by atoms with Crippen molar-refractivity contribution in [1.82, 2.24) is 10.2 Å². The molecule has 1 fully saturated rings. The fourth-order valence-corrected chi connectivity index (χ4v) is 3.52. The second kappa shape index (κ2) is 12.0. The quantitative estimate of drug-likeness (QED) is 0.367. The van der Waals surface area contributed by atoms with Crippen LogP contribution in [0, 0.1) is 0 Å². The molecule has 1 aromatic rings. The largest absolute Gasteiger partial charge is 0.497 e. The van der Waals surface area contributed by atoms with Crippen LogP contribution in [0.4, 0.5) is 0 Å². The Kier molecular flexibility index (Phi) is 9.74. The Bertz CT molecular complexity index is 626. The van der Waals surface area contributed by atoms with Gasteiger partial charge in [-0.15, -0.1) is 0 Å². The van der Waals surface area contributed by atoms with Crippen LogP contribution in [0.2, 0.25) is 0 Å². The molecule has 0 saturated carbocycles. The fourth-order valence-electron chi connectivity index (χ4n) is 3.52. The predicted octanol–water partition coefficient (Wildman–Crippen LogP) is 3.46. The molecular formula is C23H39N3O3. The van der Waals surface area contributed by atoms with Crippen LogP contribution in [0.25, 0.3) is 0 Å². The maximum absolute atomic E-state index is 5.99. The highest BCUT2D eigenvalue weighted by atomic mass is 16.5. The van der Waals surface area contributed by atoms with Gasteiger partial charge in [0.1, 0.15) is 5.75 Å². The molecule has 6 heteroatoms. The van der Waals surface area contributed by atoms with Crippen LogP contribution < -0.4 is 10.1 Å². The number of benzene rings is 1.